The number of amides is 1. The average Bonchev–Trinajstić information content (AvgIpc) is 2.43. The molecule has 8 heteroatoms. The number of nitro groups is 1. The van der Waals surface area contributed by atoms with Gasteiger partial charge >= 0.3 is 17.7 Å². The predicted molar refractivity (Wildman–Crippen MR) is 87.4 cm³/mol. The minimum absolute atomic E-state index is 0.221. The number of benzene rings is 2. The summed E-state index contributed by atoms with van der Waals surface area (Å²) < 4.78 is 5.06. The Bertz CT molecular complexity index is 838. The van der Waals surface area contributed by atoms with Crippen molar-refractivity contribution < 1.29 is 24.4 Å². The standard InChI is InChI=1S/C16H16N2O6/c1-16(2,3)24-15(21)17-12-11(14(19)20)8-9-6-4-5-7-10(9)13(12)18(22)23/h4-8H,1-3H3,(H,17,21)(H,19,20). The number of carboxylic acids is 1. The van der Waals surface area contributed by atoms with Gasteiger partial charge in [0, 0.05) is 0 Å². The molecular weight excluding hydrogens is 316 g/mol. The van der Waals surface area contributed by atoms with E-state index in [1.807, 2.05) is 0 Å². The molecule has 126 valence electrons. The van der Waals surface area contributed by atoms with E-state index in [4.69, 9.17) is 4.74 Å². The summed E-state index contributed by atoms with van der Waals surface area (Å²) in [6, 6.07) is 7.55. The first-order valence-corrected chi connectivity index (χ1v) is 7.03. The summed E-state index contributed by atoms with van der Waals surface area (Å²) >= 11 is 0. The van der Waals surface area contributed by atoms with Crippen LogP contribution in [0.1, 0.15) is 31.1 Å². The number of nitrogens with zero attached hydrogens (tertiary/aromatic N) is 1. The van der Waals surface area contributed by atoms with Gasteiger partial charge in [-0.15, -0.1) is 0 Å². The van der Waals surface area contributed by atoms with Gasteiger partial charge in [0.2, 0.25) is 0 Å². The molecule has 0 spiro atoms. The van der Waals surface area contributed by atoms with Crippen molar-refractivity contribution >= 4 is 34.2 Å². The first-order chi connectivity index (χ1) is 11.1. The molecule has 2 aromatic rings. The molecular formula is C16H16N2O6. The first kappa shape index (κ1) is 17.2. The number of aromatic carboxylic acids is 1. The summed E-state index contributed by atoms with van der Waals surface area (Å²) in [7, 11) is 0. The maximum atomic E-state index is 12.0. The van der Waals surface area contributed by atoms with E-state index in [0.29, 0.717) is 5.39 Å². The van der Waals surface area contributed by atoms with Crippen LogP contribution in [-0.4, -0.2) is 27.7 Å². The average molecular weight is 332 g/mol. The molecule has 24 heavy (non-hydrogen) atoms. The molecule has 0 aliphatic rings. The number of fused-ring (bicyclic) bond motifs is 1. The van der Waals surface area contributed by atoms with Crippen LogP contribution in [0.5, 0.6) is 0 Å². The van der Waals surface area contributed by atoms with Crippen molar-refractivity contribution in [3.05, 3.63) is 46.0 Å². The Labute approximate surface area is 137 Å². The molecule has 0 unspecified atom stereocenters. The lowest BCUT2D eigenvalue weighted by Gasteiger charge is -2.20. The second-order valence-electron chi connectivity index (χ2n) is 6.06. The van der Waals surface area contributed by atoms with Gasteiger partial charge in [-0.1, -0.05) is 18.2 Å². The Morgan fingerprint density at radius 1 is 1.25 bits per heavy atom. The van der Waals surface area contributed by atoms with Gasteiger partial charge in [-0.05, 0) is 38.3 Å². The van der Waals surface area contributed by atoms with Crippen molar-refractivity contribution in [2.75, 3.05) is 5.32 Å². The Morgan fingerprint density at radius 2 is 1.88 bits per heavy atom. The molecule has 0 aromatic heterocycles. The SMILES string of the molecule is CC(C)(C)OC(=O)Nc1c(C(=O)O)cc2ccccc2c1[N+](=O)[O-]. The van der Waals surface area contributed by atoms with Crippen LogP contribution in [0.3, 0.4) is 0 Å². The topological polar surface area (TPSA) is 119 Å². The molecule has 0 heterocycles. The van der Waals surface area contributed by atoms with Gasteiger partial charge in [0.05, 0.1) is 15.9 Å². The minimum atomic E-state index is -1.39. The van der Waals surface area contributed by atoms with Crippen LogP contribution in [0.25, 0.3) is 10.8 Å². The second kappa shape index (κ2) is 6.15. The normalized spacial score (nSPS) is 11.1. The zero-order chi connectivity index (χ0) is 18.1. The van der Waals surface area contributed by atoms with Gasteiger partial charge in [0.1, 0.15) is 11.3 Å². The summed E-state index contributed by atoms with van der Waals surface area (Å²) in [4.78, 5) is 34.2. The van der Waals surface area contributed by atoms with Crippen molar-refractivity contribution in [1.29, 1.82) is 0 Å². The molecule has 0 aliphatic heterocycles. The number of anilines is 1. The fourth-order valence-electron chi connectivity index (χ4n) is 2.22. The van der Waals surface area contributed by atoms with Crippen molar-refractivity contribution in [2.24, 2.45) is 0 Å². The number of rotatable bonds is 3. The Kier molecular flexibility index (Phi) is 4.41. The van der Waals surface area contributed by atoms with Crippen LogP contribution in [0.2, 0.25) is 0 Å². The molecule has 0 saturated heterocycles. The van der Waals surface area contributed by atoms with Crippen LogP contribution < -0.4 is 5.32 Å². The van der Waals surface area contributed by atoms with Gasteiger partial charge in [0.15, 0.2) is 0 Å². The number of hydrogen-bond donors (Lipinski definition) is 2. The maximum Gasteiger partial charge on any atom is 0.412 e. The summed E-state index contributed by atoms with van der Waals surface area (Å²) in [5, 5.41) is 23.7. The van der Waals surface area contributed by atoms with Crippen molar-refractivity contribution in [1.82, 2.24) is 0 Å². The molecule has 8 nitrogen and oxygen atoms in total. The molecule has 1 amide bonds. The zero-order valence-corrected chi connectivity index (χ0v) is 13.3. The summed E-state index contributed by atoms with van der Waals surface area (Å²) in [6.07, 6.45) is -0.969. The molecule has 0 saturated carbocycles. The molecule has 2 rings (SSSR count). The Balaban J connectivity index is 2.67. The number of carboxylic acid groups (broad SMARTS) is 1. The van der Waals surface area contributed by atoms with E-state index in [9.17, 15) is 24.8 Å². The summed E-state index contributed by atoms with van der Waals surface area (Å²) in [6.45, 7) is 4.87. The van der Waals surface area contributed by atoms with Crippen LogP contribution in [0.4, 0.5) is 16.2 Å². The number of nitrogens with one attached hydrogen (secondary N) is 1. The van der Waals surface area contributed by atoms with E-state index < -0.39 is 34.0 Å². The quantitative estimate of drug-likeness (QED) is 0.652. The van der Waals surface area contributed by atoms with E-state index in [1.54, 1.807) is 39.0 Å². The van der Waals surface area contributed by atoms with E-state index in [0.717, 1.165) is 0 Å². The molecule has 0 radical (unpaired) electrons. The smallest absolute Gasteiger partial charge is 0.412 e. The Hall–Kier alpha value is -3.16. The predicted octanol–water partition coefficient (Wildman–Crippen LogP) is 3.79. The Morgan fingerprint density at radius 3 is 2.42 bits per heavy atom. The number of carbonyl (C=O) groups excluding carboxylic acids is 1. The fourth-order valence-corrected chi connectivity index (χ4v) is 2.22. The number of hydrogen-bond acceptors (Lipinski definition) is 5. The molecule has 0 fully saturated rings. The van der Waals surface area contributed by atoms with Crippen molar-refractivity contribution in [3.8, 4) is 0 Å². The van der Waals surface area contributed by atoms with Crippen LogP contribution in [0, 0.1) is 10.1 Å². The lowest BCUT2D eigenvalue weighted by Crippen LogP contribution is -2.28. The van der Waals surface area contributed by atoms with E-state index in [1.165, 1.54) is 12.1 Å². The maximum absolute atomic E-state index is 12.0. The largest absolute Gasteiger partial charge is 0.478 e. The number of ether oxygens (including phenoxy) is 1. The minimum Gasteiger partial charge on any atom is -0.478 e. The fraction of sp³-hybridized carbons (Fsp3) is 0.250. The van der Waals surface area contributed by atoms with Crippen LogP contribution >= 0.6 is 0 Å². The van der Waals surface area contributed by atoms with E-state index >= 15 is 0 Å². The first-order valence-electron chi connectivity index (χ1n) is 7.03. The highest BCUT2D eigenvalue weighted by Gasteiger charge is 2.28. The van der Waals surface area contributed by atoms with Crippen molar-refractivity contribution in [2.45, 2.75) is 26.4 Å². The van der Waals surface area contributed by atoms with E-state index in [-0.39, 0.29) is 10.9 Å². The van der Waals surface area contributed by atoms with Gasteiger partial charge in [-0.25, -0.2) is 9.59 Å². The van der Waals surface area contributed by atoms with Gasteiger partial charge in [-0.3, -0.25) is 15.4 Å². The van der Waals surface area contributed by atoms with Gasteiger partial charge in [0.25, 0.3) is 0 Å². The van der Waals surface area contributed by atoms with Crippen LogP contribution in [0.15, 0.2) is 30.3 Å². The third-order valence-electron chi connectivity index (χ3n) is 3.06. The number of carbonyl (C=O) groups is 2. The van der Waals surface area contributed by atoms with E-state index in [2.05, 4.69) is 5.32 Å². The molecule has 2 N–H and O–H groups in total. The summed E-state index contributed by atoms with van der Waals surface area (Å²) in [5.41, 5.74) is -2.11. The third kappa shape index (κ3) is 3.60. The lowest BCUT2D eigenvalue weighted by atomic mass is 10.0. The molecule has 0 aliphatic carbocycles. The van der Waals surface area contributed by atoms with Gasteiger partial charge < -0.3 is 9.84 Å². The van der Waals surface area contributed by atoms with Gasteiger partial charge in [-0.2, -0.15) is 0 Å². The molecule has 2 aromatic carbocycles. The lowest BCUT2D eigenvalue weighted by molar-refractivity contribution is -0.382. The molecule has 0 atom stereocenters. The highest BCUT2D eigenvalue weighted by molar-refractivity contribution is 6.10. The number of nitro benzene ring substituents is 1. The highest BCUT2D eigenvalue weighted by atomic mass is 16.6. The molecule has 0 bridgehead atoms. The van der Waals surface area contributed by atoms with Crippen LogP contribution in [-0.2, 0) is 4.74 Å². The van der Waals surface area contributed by atoms with Crippen molar-refractivity contribution in [3.63, 3.8) is 0 Å². The zero-order valence-electron chi connectivity index (χ0n) is 13.3. The second-order valence-corrected chi connectivity index (χ2v) is 6.06. The summed E-state index contributed by atoms with van der Waals surface area (Å²) in [5.74, 6) is -1.39. The third-order valence-corrected chi connectivity index (χ3v) is 3.06. The monoisotopic (exact) mass is 332 g/mol. The highest BCUT2D eigenvalue weighted by Crippen LogP contribution is 2.37.